The standard InChI is InChI=1S/C19H17F6N3O4S/c1-11-17(26-16-8-13(18(20,21)22)6-7-28(11)16)15(29)10-27(33(30)31)9-12-2-4-14(5-3-12)32-19(23,24)25/h2-8,15,29H,9-10H2,1H3,(H,30,31). The number of aliphatic hydroxyl groups excluding tert-OH is 1. The lowest BCUT2D eigenvalue weighted by atomic mass is 10.2. The van der Waals surface area contributed by atoms with E-state index >= 15 is 0 Å². The summed E-state index contributed by atoms with van der Waals surface area (Å²) in [6, 6.07) is 6.24. The fourth-order valence-electron chi connectivity index (χ4n) is 3.14. The molecular formula is C19H17F6N3O4S. The third-order valence-corrected chi connectivity index (χ3v) is 5.38. The molecule has 14 heteroatoms. The monoisotopic (exact) mass is 497 g/mol. The largest absolute Gasteiger partial charge is 0.573 e. The minimum Gasteiger partial charge on any atom is -0.406 e. The average Bonchev–Trinajstić information content (AvgIpc) is 3.03. The van der Waals surface area contributed by atoms with Gasteiger partial charge in [0.05, 0.1) is 11.3 Å². The van der Waals surface area contributed by atoms with E-state index in [-0.39, 0.29) is 17.9 Å². The first-order valence-electron chi connectivity index (χ1n) is 9.19. The zero-order valence-electron chi connectivity index (χ0n) is 16.8. The van der Waals surface area contributed by atoms with Crippen LogP contribution in [0, 0.1) is 6.92 Å². The number of hydrogen-bond donors (Lipinski definition) is 2. The van der Waals surface area contributed by atoms with Crippen LogP contribution in [0.4, 0.5) is 26.3 Å². The number of hydrogen-bond acceptors (Lipinski definition) is 4. The SMILES string of the molecule is Cc1c(C(O)CN(Cc2ccc(OC(F)(F)F)cc2)S(=O)O)nc2cc(C(F)(F)F)ccn12. The molecule has 0 aliphatic rings. The molecule has 180 valence electrons. The van der Waals surface area contributed by atoms with E-state index in [4.69, 9.17) is 0 Å². The van der Waals surface area contributed by atoms with Gasteiger partial charge in [0, 0.05) is 25.0 Å². The van der Waals surface area contributed by atoms with Crippen LogP contribution in [0.5, 0.6) is 5.75 Å². The fraction of sp³-hybridized carbons (Fsp3) is 0.316. The van der Waals surface area contributed by atoms with E-state index in [2.05, 4.69) is 9.72 Å². The van der Waals surface area contributed by atoms with Gasteiger partial charge in [0.1, 0.15) is 17.5 Å². The van der Waals surface area contributed by atoms with E-state index in [1.807, 2.05) is 0 Å². The van der Waals surface area contributed by atoms with Crippen molar-refractivity contribution in [3.05, 3.63) is 65.1 Å². The number of imidazole rings is 1. The number of aliphatic hydroxyl groups is 1. The molecule has 2 heterocycles. The molecule has 1 aromatic carbocycles. The minimum atomic E-state index is -4.86. The van der Waals surface area contributed by atoms with E-state index in [0.29, 0.717) is 11.3 Å². The zero-order chi connectivity index (χ0) is 24.6. The molecule has 0 saturated heterocycles. The Morgan fingerprint density at radius 2 is 1.79 bits per heavy atom. The van der Waals surface area contributed by atoms with Crippen LogP contribution in [0.25, 0.3) is 5.65 Å². The average molecular weight is 497 g/mol. The Bertz CT molecular complexity index is 1150. The third kappa shape index (κ3) is 6.22. The van der Waals surface area contributed by atoms with E-state index in [0.717, 1.165) is 34.8 Å². The maximum absolute atomic E-state index is 12.9. The highest BCUT2D eigenvalue weighted by Crippen LogP contribution is 2.31. The number of benzene rings is 1. The molecular weight excluding hydrogens is 480 g/mol. The molecule has 33 heavy (non-hydrogen) atoms. The van der Waals surface area contributed by atoms with Crippen LogP contribution in [0.3, 0.4) is 0 Å². The van der Waals surface area contributed by atoms with Crippen LogP contribution >= 0.6 is 0 Å². The number of alkyl halides is 6. The van der Waals surface area contributed by atoms with E-state index in [1.54, 1.807) is 0 Å². The maximum Gasteiger partial charge on any atom is 0.573 e. The van der Waals surface area contributed by atoms with Gasteiger partial charge in [-0.15, -0.1) is 13.2 Å². The number of aryl methyl sites for hydroxylation is 1. The lowest BCUT2D eigenvalue weighted by molar-refractivity contribution is -0.274. The molecule has 3 aromatic rings. The highest BCUT2D eigenvalue weighted by Gasteiger charge is 2.32. The highest BCUT2D eigenvalue weighted by atomic mass is 32.2. The van der Waals surface area contributed by atoms with Crippen LogP contribution in [0.1, 0.15) is 28.6 Å². The summed E-state index contributed by atoms with van der Waals surface area (Å²) in [6.07, 6.45) is -9.73. The summed E-state index contributed by atoms with van der Waals surface area (Å²) in [7, 11) is 0. The van der Waals surface area contributed by atoms with Crippen LogP contribution in [0.2, 0.25) is 0 Å². The van der Waals surface area contributed by atoms with Gasteiger partial charge in [0.15, 0.2) is 0 Å². The van der Waals surface area contributed by atoms with Crippen LogP contribution < -0.4 is 4.74 Å². The second-order valence-corrected chi connectivity index (χ2v) is 7.96. The molecule has 0 aliphatic carbocycles. The molecule has 0 bridgehead atoms. The van der Waals surface area contributed by atoms with Crippen LogP contribution in [0.15, 0.2) is 42.6 Å². The van der Waals surface area contributed by atoms with Crippen molar-refractivity contribution in [3.63, 3.8) is 0 Å². The molecule has 2 atom stereocenters. The first-order valence-corrected chi connectivity index (χ1v) is 10.3. The molecule has 2 aromatic heterocycles. The smallest absolute Gasteiger partial charge is 0.406 e. The second-order valence-electron chi connectivity index (χ2n) is 6.98. The van der Waals surface area contributed by atoms with Crippen molar-refractivity contribution in [1.82, 2.24) is 13.7 Å². The molecule has 2 unspecified atom stereocenters. The molecule has 3 rings (SSSR count). The quantitative estimate of drug-likeness (QED) is 0.377. The Morgan fingerprint density at radius 1 is 1.15 bits per heavy atom. The zero-order valence-corrected chi connectivity index (χ0v) is 17.6. The van der Waals surface area contributed by atoms with Gasteiger partial charge in [-0.05, 0) is 36.8 Å². The van der Waals surface area contributed by atoms with Gasteiger partial charge in [-0.1, -0.05) is 12.1 Å². The van der Waals surface area contributed by atoms with Gasteiger partial charge in [-0.25, -0.2) is 9.19 Å². The molecule has 0 spiro atoms. The summed E-state index contributed by atoms with van der Waals surface area (Å²) in [4.78, 5) is 4.03. The Hall–Kier alpha value is -2.68. The summed E-state index contributed by atoms with van der Waals surface area (Å²) in [5, 5.41) is 10.6. The molecule has 0 fully saturated rings. The fourth-order valence-corrected chi connectivity index (χ4v) is 3.67. The van der Waals surface area contributed by atoms with Gasteiger partial charge in [-0.2, -0.15) is 17.5 Å². The molecule has 0 amide bonds. The van der Waals surface area contributed by atoms with E-state index in [1.165, 1.54) is 23.5 Å². The van der Waals surface area contributed by atoms with Gasteiger partial charge in [0.2, 0.25) is 11.3 Å². The lowest BCUT2D eigenvalue weighted by Gasteiger charge is -2.21. The number of nitrogens with zero attached hydrogens (tertiary/aromatic N) is 3. The molecule has 7 nitrogen and oxygen atoms in total. The van der Waals surface area contributed by atoms with Crippen molar-refractivity contribution in [2.45, 2.75) is 32.1 Å². The summed E-state index contributed by atoms with van der Waals surface area (Å²) in [5.41, 5.74) is -0.284. The number of rotatable bonds is 7. The first-order chi connectivity index (χ1) is 15.2. The number of ether oxygens (including phenoxy) is 1. The summed E-state index contributed by atoms with van der Waals surface area (Å²) in [5.74, 6) is -0.471. The van der Waals surface area contributed by atoms with Crippen LogP contribution in [-0.4, -0.2) is 40.5 Å². The van der Waals surface area contributed by atoms with E-state index < -0.39 is 47.8 Å². The van der Waals surface area contributed by atoms with Crippen molar-refractivity contribution in [1.29, 1.82) is 0 Å². The second kappa shape index (κ2) is 9.29. The third-order valence-electron chi connectivity index (χ3n) is 4.66. The molecule has 0 saturated carbocycles. The Labute approximate surface area is 185 Å². The normalized spacial score (nSPS) is 14.6. The van der Waals surface area contributed by atoms with Gasteiger partial charge >= 0.3 is 12.5 Å². The predicted octanol–water partition coefficient (Wildman–Crippen LogP) is 4.23. The highest BCUT2D eigenvalue weighted by molar-refractivity contribution is 7.76. The minimum absolute atomic E-state index is 0.0127. The summed E-state index contributed by atoms with van der Waals surface area (Å²) < 4.78 is 103. The number of halogens is 6. The number of pyridine rings is 1. The van der Waals surface area contributed by atoms with E-state index in [9.17, 15) is 40.2 Å². The molecule has 2 N–H and O–H groups in total. The molecule has 0 aliphatic heterocycles. The summed E-state index contributed by atoms with van der Waals surface area (Å²) in [6.45, 7) is 0.864. The number of aromatic nitrogens is 2. The Kier molecular flexibility index (Phi) is 7.02. The maximum atomic E-state index is 12.9. The van der Waals surface area contributed by atoms with Gasteiger partial charge in [0.25, 0.3) is 0 Å². The Balaban J connectivity index is 1.77. The molecule has 0 radical (unpaired) electrons. The topological polar surface area (TPSA) is 87.3 Å². The summed E-state index contributed by atoms with van der Waals surface area (Å²) >= 11 is -2.58. The van der Waals surface area contributed by atoms with Crippen molar-refractivity contribution in [2.75, 3.05) is 6.54 Å². The van der Waals surface area contributed by atoms with Crippen molar-refractivity contribution < 1.29 is 44.9 Å². The lowest BCUT2D eigenvalue weighted by Crippen LogP contribution is -2.30. The van der Waals surface area contributed by atoms with Crippen LogP contribution in [-0.2, 0) is 24.0 Å². The number of fused-ring (bicyclic) bond motifs is 1. The van der Waals surface area contributed by atoms with Crippen molar-refractivity contribution >= 4 is 16.9 Å². The first kappa shape index (κ1) is 25.0. The van der Waals surface area contributed by atoms with Gasteiger partial charge < -0.3 is 14.2 Å². The van der Waals surface area contributed by atoms with Crippen molar-refractivity contribution in [3.8, 4) is 5.75 Å². The predicted molar refractivity (Wildman–Crippen MR) is 104 cm³/mol. The van der Waals surface area contributed by atoms with Crippen molar-refractivity contribution in [2.24, 2.45) is 0 Å². The Morgan fingerprint density at radius 3 is 2.33 bits per heavy atom. The van der Waals surface area contributed by atoms with Gasteiger partial charge in [-0.3, -0.25) is 4.55 Å².